The molecule has 0 saturated carbocycles. The van der Waals surface area contributed by atoms with Crippen LogP contribution >= 0.6 is 15.9 Å². The van der Waals surface area contributed by atoms with Crippen molar-refractivity contribution in [2.45, 2.75) is 26.3 Å². The molecule has 25 heavy (non-hydrogen) atoms. The maximum Gasteiger partial charge on any atom is 0.232 e. The lowest BCUT2D eigenvalue weighted by molar-refractivity contribution is -0.119. The Morgan fingerprint density at radius 2 is 1.92 bits per heavy atom. The molecule has 0 radical (unpaired) electrons. The minimum absolute atomic E-state index is 0.0940. The van der Waals surface area contributed by atoms with E-state index in [4.69, 9.17) is 0 Å². The first-order valence-electron chi connectivity index (χ1n) is 7.88. The van der Waals surface area contributed by atoms with E-state index in [0.29, 0.717) is 22.7 Å². The highest BCUT2D eigenvalue weighted by Gasteiger charge is 2.34. The van der Waals surface area contributed by atoms with E-state index in [-0.39, 0.29) is 30.1 Å². The molecule has 1 aromatic carbocycles. The van der Waals surface area contributed by atoms with Crippen molar-refractivity contribution in [3.63, 3.8) is 0 Å². The van der Waals surface area contributed by atoms with E-state index in [9.17, 15) is 14.0 Å². The molecule has 2 aromatic rings. The molecule has 130 valence electrons. The molecule has 2 amide bonds. The van der Waals surface area contributed by atoms with Gasteiger partial charge in [0.05, 0.1) is 18.2 Å². The summed E-state index contributed by atoms with van der Waals surface area (Å²) in [6.07, 6.45) is 0.140. The molecule has 1 atom stereocenters. The van der Waals surface area contributed by atoms with Crippen molar-refractivity contribution in [2.24, 2.45) is 0 Å². The molecule has 0 N–H and O–H groups in total. The number of benzene rings is 1. The number of amides is 2. The summed E-state index contributed by atoms with van der Waals surface area (Å²) >= 11 is 3.32. The van der Waals surface area contributed by atoms with Gasteiger partial charge < -0.3 is 4.90 Å². The molecule has 3 rings (SSSR count). The number of nitrogens with zero attached hydrogens (tertiary/aromatic N) is 3. The van der Waals surface area contributed by atoms with Crippen LogP contribution in [0.5, 0.6) is 0 Å². The van der Waals surface area contributed by atoms with Crippen molar-refractivity contribution in [3.05, 3.63) is 52.4 Å². The predicted octanol–water partition coefficient (Wildman–Crippen LogP) is 3.31. The monoisotopic (exact) mass is 405 g/mol. The lowest BCUT2D eigenvalue weighted by Gasteiger charge is -2.39. The summed E-state index contributed by atoms with van der Waals surface area (Å²) in [7, 11) is 0. The van der Waals surface area contributed by atoms with Gasteiger partial charge >= 0.3 is 0 Å². The number of fused-ring (bicyclic) bond motifs is 1. The second kappa shape index (κ2) is 6.92. The third kappa shape index (κ3) is 3.56. The number of carbonyl (C=O) groups is 2. The molecule has 0 bridgehead atoms. The standard InChI is InChI=1S/C18H17BrFN3O2/c1-11-10-22(17(25)9-13-3-5-14(20)6-4-13)18-15(23(11)12(2)24)7-8-16(19)21-18/h3-8,11H,9-10H2,1-2H3/t11-/m0/s1. The molecule has 0 fully saturated rings. The first kappa shape index (κ1) is 17.5. The van der Waals surface area contributed by atoms with E-state index >= 15 is 0 Å². The topological polar surface area (TPSA) is 53.5 Å². The molecular weight excluding hydrogens is 389 g/mol. The van der Waals surface area contributed by atoms with E-state index in [1.165, 1.54) is 19.1 Å². The average molecular weight is 406 g/mol. The van der Waals surface area contributed by atoms with Gasteiger partial charge in [-0.25, -0.2) is 9.37 Å². The van der Waals surface area contributed by atoms with Crippen LogP contribution in [0, 0.1) is 5.82 Å². The fourth-order valence-corrected chi connectivity index (χ4v) is 3.35. The molecule has 1 aliphatic rings. The Morgan fingerprint density at radius 3 is 2.56 bits per heavy atom. The molecule has 0 aliphatic carbocycles. The van der Waals surface area contributed by atoms with Crippen LogP contribution in [0.1, 0.15) is 19.4 Å². The summed E-state index contributed by atoms with van der Waals surface area (Å²) in [4.78, 5) is 32.5. The zero-order valence-electron chi connectivity index (χ0n) is 13.9. The zero-order chi connectivity index (χ0) is 18.1. The van der Waals surface area contributed by atoms with Crippen LogP contribution in [-0.4, -0.2) is 29.4 Å². The normalized spacial score (nSPS) is 16.6. The van der Waals surface area contributed by atoms with Gasteiger partial charge in [-0.1, -0.05) is 12.1 Å². The van der Waals surface area contributed by atoms with Gasteiger partial charge in [-0.05, 0) is 52.7 Å². The van der Waals surface area contributed by atoms with E-state index in [1.807, 2.05) is 6.92 Å². The predicted molar refractivity (Wildman–Crippen MR) is 97.0 cm³/mol. The summed E-state index contributed by atoms with van der Waals surface area (Å²) in [5.41, 5.74) is 1.34. The Hall–Kier alpha value is -2.28. The summed E-state index contributed by atoms with van der Waals surface area (Å²) in [6.45, 7) is 3.75. The van der Waals surface area contributed by atoms with Gasteiger partial charge in [-0.15, -0.1) is 0 Å². The quantitative estimate of drug-likeness (QED) is 0.720. The van der Waals surface area contributed by atoms with Gasteiger partial charge in [0.15, 0.2) is 5.82 Å². The SMILES string of the molecule is CC(=O)N1c2ccc(Br)nc2N(C(=O)Cc2ccc(F)cc2)C[C@@H]1C. The second-order valence-electron chi connectivity index (χ2n) is 6.02. The lowest BCUT2D eigenvalue weighted by Crippen LogP contribution is -2.52. The highest BCUT2D eigenvalue weighted by molar-refractivity contribution is 9.10. The third-order valence-corrected chi connectivity index (χ3v) is 4.57. The lowest BCUT2D eigenvalue weighted by atomic mass is 10.1. The van der Waals surface area contributed by atoms with E-state index in [1.54, 1.807) is 34.1 Å². The summed E-state index contributed by atoms with van der Waals surface area (Å²) in [6, 6.07) is 9.22. The number of rotatable bonds is 2. The summed E-state index contributed by atoms with van der Waals surface area (Å²) < 4.78 is 13.6. The van der Waals surface area contributed by atoms with Crippen molar-refractivity contribution in [1.29, 1.82) is 0 Å². The van der Waals surface area contributed by atoms with Crippen LogP contribution in [-0.2, 0) is 16.0 Å². The van der Waals surface area contributed by atoms with Crippen LogP contribution in [0.4, 0.5) is 15.9 Å². The number of aromatic nitrogens is 1. The smallest absolute Gasteiger partial charge is 0.232 e. The minimum Gasteiger partial charge on any atom is -0.305 e. The number of anilines is 2. The van der Waals surface area contributed by atoms with Gasteiger partial charge in [-0.2, -0.15) is 0 Å². The van der Waals surface area contributed by atoms with E-state index < -0.39 is 0 Å². The minimum atomic E-state index is -0.337. The Balaban J connectivity index is 1.94. The van der Waals surface area contributed by atoms with E-state index in [0.717, 1.165) is 5.56 Å². The van der Waals surface area contributed by atoms with Crippen molar-refractivity contribution in [1.82, 2.24) is 4.98 Å². The first-order chi connectivity index (χ1) is 11.9. The fourth-order valence-electron chi connectivity index (χ4n) is 3.05. The highest BCUT2D eigenvalue weighted by Crippen LogP contribution is 2.35. The number of hydrogen-bond donors (Lipinski definition) is 0. The summed E-state index contributed by atoms with van der Waals surface area (Å²) in [5.74, 6) is -0.123. The maximum atomic E-state index is 13.0. The zero-order valence-corrected chi connectivity index (χ0v) is 15.5. The van der Waals surface area contributed by atoms with Crippen molar-refractivity contribution in [3.8, 4) is 0 Å². The van der Waals surface area contributed by atoms with Crippen LogP contribution in [0.25, 0.3) is 0 Å². The first-order valence-corrected chi connectivity index (χ1v) is 8.67. The van der Waals surface area contributed by atoms with Crippen molar-refractivity contribution in [2.75, 3.05) is 16.3 Å². The summed E-state index contributed by atoms with van der Waals surface area (Å²) in [5, 5.41) is 0. The molecule has 1 aromatic heterocycles. The molecule has 7 heteroatoms. The average Bonchev–Trinajstić information content (AvgIpc) is 2.56. The molecule has 0 unspecified atom stereocenters. The van der Waals surface area contributed by atoms with E-state index in [2.05, 4.69) is 20.9 Å². The molecule has 0 saturated heterocycles. The van der Waals surface area contributed by atoms with Crippen LogP contribution in [0.15, 0.2) is 41.0 Å². The molecule has 5 nitrogen and oxygen atoms in total. The Labute approximate surface area is 153 Å². The van der Waals surface area contributed by atoms with Gasteiger partial charge in [0.2, 0.25) is 11.8 Å². The molecular formula is C18H17BrFN3O2. The largest absolute Gasteiger partial charge is 0.305 e. The number of pyridine rings is 1. The van der Waals surface area contributed by atoms with Crippen molar-refractivity contribution < 1.29 is 14.0 Å². The molecule has 1 aliphatic heterocycles. The third-order valence-electron chi connectivity index (χ3n) is 4.13. The Kier molecular flexibility index (Phi) is 4.85. The Bertz CT molecular complexity index is 826. The Morgan fingerprint density at radius 1 is 1.24 bits per heavy atom. The number of halogens is 2. The maximum absolute atomic E-state index is 13.0. The number of hydrogen-bond acceptors (Lipinski definition) is 3. The highest BCUT2D eigenvalue weighted by atomic mass is 79.9. The fraction of sp³-hybridized carbons (Fsp3) is 0.278. The molecule has 0 spiro atoms. The van der Waals surface area contributed by atoms with Crippen molar-refractivity contribution >= 4 is 39.2 Å². The van der Waals surface area contributed by atoms with Gasteiger partial charge in [0, 0.05) is 13.5 Å². The van der Waals surface area contributed by atoms with Gasteiger partial charge in [-0.3, -0.25) is 14.5 Å². The van der Waals surface area contributed by atoms with Crippen LogP contribution in [0.2, 0.25) is 0 Å². The second-order valence-corrected chi connectivity index (χ2v) is 6.83. The van der Waals surface area contributed by atoms with Crippen LogP contribution in [0.3, 0.4) is 0 Å². The van der Waals surface area contributed by atoms with Crippen LogP contribution < -0.4 is 9.80 Å². The van der Waals surface area contributed by atoms with Gasteiger partial charge in [0.25, 0.3) is 0 Å². The number of carbonyl (C=O) groups excluding carboxylic acids is 2. The molecule has 2 heterocycles. The van der Waals surface area contributed by atoms with Gasteiger partial charge in [0.1, 0.15) is 10.4 Å².